The molecule has 1 unspecified atom stereocenters. The molecular formula is C15H16F2N2O. The SMILES string of the molecule is CCNC(C)c1ccc(Oc2ccc(F)c(F)c2)nc1. The summed E-state index contributed by atoms with van der Waals surface area (Å²) in [5.41, 5.74) is 1.03. The van der Waals surface area contributed by atoms with Crippen molar-refractivity contribution in [1.29, 1.82) is 0 Å². The Morgan fingerprint density at radius 1 is 1.20 bits per heavy atom. The Labute approximate surface area is 116 Å². The van der Waals surface area contributed by atoms with E-state index in [1.165, 1.54) is 6.07 Å². The van der Waals surface area contributed by atoms with E-state index in [2.05, 4.69) is 10.3 Å². The van der Waals surface area contributed by atoms with E-state index in [1.54, 1.807) is 12.3 Å². The maximum atomic E-state index is 13.1. The Bertz CT molecular complexity index is 573. The molecule has 1 N–H and O–H groups in total. The van der Waals surface area contributed by atoms with E-state index < -0.39 is 11.6 Å². The minimum Gasteiger partial charge on any atom is -0.439 e. The molecule has 5 heteroatoms. The van der Waals surface area contributed by atoms with Crippen molar-refractivity contribution in [2.24, 2.45) is 0 Å². The first-order valence-corrected chi connectivity index (χ1v) is 6.42. The number of ether oxygens (including phenoxy) is 1. The Morgan fingerprint density at radius 2 is 2.00 bits per heavy atom. The first kappa shape index (κ1) is 14.4. The maximum absolute atomic E-state index is 13.1. The van der Waals surface area contributed by atoms with Crippen molar-refractivity contribution in [3.63, 3.8) is 0 Å². The molecule has 20 heavy (non-hydrogen) atoms. The predicted molar refractivity (Wildman–Crippen MR) is 72.8 cm³/mol. The summed E-state index contributed by atoms with van der Waals surface area (Å²) in [6, 6.07) is 7.15. The zero-order valence-corrected chi connectivity index (χ0v) is 11.4. The van der Waals surface area contributed by atoms with E-state index in [9.17, 15) is 8.78 Å². The van der Waals surface area contributed by atoms with E-state index in [1.807, 2.05) is 19.9 Å². The highest BCUT2D eigenvalue weighted by molar-refractivity contribution is 5.29. The van der Waals surface area contributed by atoms with Gasteiger partial charge < -0.3 is 10.1 Å². The monoisotopic (exact) mass is 278 g/mol. The van der Waals surface area contributed by atoms with Crippen LogP contribution in [0.25, 0.3) is 0 Å². The van der Waals surface area contributed by atoms with Gasteiger partial charge in [-0.05, 0) is 31.2 Å². The molecule has 2 aromatic rings. The standard InChI is InChI=1S/C15H16F2N2O/c1-3-18-10(2)11-4-7-15(19-9-11)20-12-5-6-13(16)14(17)8-12/h4-10,18H,3H2,1-2H3. The molecule has 0 spiro atoms. The van der Waals surface area contributed by atoms with Gasteiger partial charge in [0.25, 0.3) is 0 Å². The van der Waals surface area contributed by atoms with Gasteiger partial charge in [0.1, 0.15) is 5.75 Å². The Morgan fingerprint density at radius 3 is 2.60 bits per heavy atom. The number of hydrogen-bond donors (Lipinski definition) is 1. The van der Waals surface area contributed by atoms with Crippen molar-refractivity contribution in [3.8, 4) is 11.6 Å². The fourth-order valence-electron chi connectivity index (χ4n) is 1.79. The molecule has 2 rings (SSSR count). The molecule has 0 fully saturated rings. The molecule has 1 atom stereocenters. The molecule has 0 aliphatic carbocycles. The number of benzene rings is 1. The number of hydrogen-bond acceptors (Lipinski definition) is 3. The summed E-state index contributed by atoms with van der Waals surface area (Å²) in [4.78, 5) is 4.15. The predicted octanol–water partition coefficient (Wildman–Crippen LogP) is 3.82. The molecule has 0 saturated carbocycles. The van der Waals surface area contributed by atoms with E-state index in [0.717, 1.165) is 24.2 Å². The van der Waals surface area contributed by atoms with Crippen LogP contribution in [0.2, 0.25) is 0 Å². The minimum absolute atomic E-state index is 0.199. The average molecular weight is 278 g/mol. The number of halogens is 2. The Kier molecular flexibility index (Phi) is 4.63. The second kappa shape index (κ2) is 6.43. The summed E-state index contributed by atoms with van der Waals surface area (Å²) in [6.45, 7) is 4.94. The lowest BCUT2D eigenvalue weighted by atomic mass is 10.1. The largest absolute Gasteiger partial charge is 0.439 e. The number of pyridine rings is 1. The summed E-state index contributed by atoms with van der Waals surface area (Å²) in [6.07, 6.45) is 1.70. The van der Waals surface area contributed by atoms with Crippen molar-refractivity contribution < 1.29 is 13.5 Å². The summed E-state index contributed by atoms with van der Waals surface area (Å²) in [7, 11) is 0. The molecule has 0 saturated heterocycles. The zero-order valence-electron chi connectivity index (χ0n) is 11.4. The van der Waals surface area contributed by atoms with E-state index in [-0.39, 0.29) is 11.8 Å². The van der Waals surface area contributed by atoms with Crippen molar-refractivity contribution in [3.05, 3.63) is 53.7 Å². The Balaban J connectivity index is 2.08. The van der Waals surface area contributed by atoms with Crippen LogP contribution in [-0.2, 0) is 0 Å². The summed E-state index contributed by atoms with van der Waals surface area (Å²) in [5.74, 6) is -1.30. The third-order valence-electron chi connectivity index (χ3n) is 2.88. The van der Waals surface area contributed by atoms with Gasteiger partial charge in [-0.3, -0.25) is 0 Å². The van der Waals surface area contributed by atoms with Crippen LogP contribution >= 0.6 is 0 Å². The van der Waals surface area contributed by atoms with Gasteiger partial charge in [-0.15, -0.1) is 0 Å². The van der Waals surface area contributed by atoms with Gasteiger partial charge in [-0.2, -0.15) is 0 Å². The summed E-state index contributed by atoms with van der Waals surface area (Å²) >= 11 is 0. The lowest BCUT2D eigenvalue weighted by Crippen LogP contribution is -2.17. The van der Waals surface area contributed by atoms with Crippen LogP contribution in [0.5, 0.6) is 11.6 Å². The maximum Gasteiger partial charge on any atom is 0.219 e. The second-order valence-corrected chi connectivity index (χ2v) is 4.39. The normalized spacial score (nSPS) is 12.2. The quantitative estimate of drug-likeness (QED) is 0.902. The molecule has 1 aromatic heterocycles. The molecule has 0 bridgehead atoms. The molecule has 0 aliphatic heterocycles. The van der Waals surface area contributed by atoms with Crippen LogP contribution < -0.4 is 10.1 Å². The molecule has 1 heterocycles. The van der Waals surface area contributed by atoms with E-state index in [0.29, 0.717) is 5.88 Å². The summed E-state index contributed by atoms with van der Waals surface area (Å²) in [5, 5.41) is 3.27. The highest BCUT2D eigenvalue weighted by Gasteiger charge is 2.07. The van der Waals surface area contributed by atoms with Gasteiger partial charge in [-0.25, -0.2) is 13.8 Å². The lowest BCUT2D eigenvalue weighted by molar-refractivity contribution is 0.446. The zero-order chi connectivity index (χ0) is 14.5. The van der Waals surface area contributed by atoms with Gasteiger partial charge in [0, 0.05) is 24.4 Å². The van der Waals surface area contributed by atoms with Crippen molar-refractivity contribution in [1.82, 2.24) is 10.3 Å². The molecular weight excluding hydrogens is 262 g/mol. The lowest BCUT2D eigenvalue weighted by Gasteiger charge is -2.12. The highest BCUT2D eigenvalue weighted by Crippen LogP contribution is 2.22. The van der Waals surface area contributed by atoms with Crippen LogP contribution in [0, 0.1) is 11.6 Å². The molecule has 106 valence electrons. The third-order valence-corrected chi connectivity index (χ3v) is 2.88. The second-order valence-electron chi connectivity index (χ2n) is 4.39. The van der Waals surface area contributed by atoms with Crippen LogP contribution in [0.3, 0.4) is 0 Å². The average Bonchev–Trinajstić information content (AvgIpc) is 2.44. The molecule has 1 aromatic carbocycles. The number of rotatable bonds is 5. The first-order valence-electron chi connectivity index (χ1n) is 6.42. The van der Waals surface area contributed by atoms with Gasteiger partial charge in [0.2, 0.25) is 5.88 Å². The number of nitrogens with one attached hydrogen (secondary N) is 1. The topological polar surface area (TPSA) is 34.1 Å². The summed E-state index contributed by atoms with van der Waals surface area (Å²) < 4.78 is 31.2. The molecule has 0 radical (unpaired) electrons. The first-order chi connectivity index (χ1) is 9.60. The van der Waals surface area contributed by atoms with Crippen LogP contribution in [-0.4, -0.2) is 11.5 Å². The minimum atomic E-state index is -0.945. The fraction of sp³-hybridized carbons (Fsp3) is 0.267. The van der Waals surface area contributed by atoms with E-state index >= 15 is 0 Å². The van der Waals surface area contributed by atoms with Crippen molar-refractivity contribution in [2.75, 3.05) is 6.54 Å². The number of aromatic nitrogens is 1. The fourth-order valence-corrected chi connectivity index (χ4v) is 1.79. The van der Waals surface area contributed by atoms with Gasteiger partial charge >= 0.3 is 0 Å². The van der Waals surface area contributed by atoms with Crippen molar-refractivity contribution >= 4 is 0 Å². The van der Waals surface area contributed by atoms with Gasteiger partial charge in [-0.1, -0.05) is 13.0 Å². The molecule has 0 amide bonds. The van der Waals surface area contributed by atoms with Crippen LogP contribution in [0.15, 0.2) is 36.5 Å². The molecule has 0 aliphatic rings. The molecule has 3 nitrogen and oxygen atoms in total. The third kappa shape index (κ3) is 3.51. The van der Waals surface area contributed by atoms with Crippen molar-refractivity contribution in [2.45, 2.75) is 19.9 Å². The Hall–Kier alpha value is -2.01. The number of nitrogens with zero attached hydrogens (tertiary/aromatic N) is 1. The van der Waals surface area contributed by atoms with Crippen LogP contribution in [0.1, 0.15) is 25.5 Å². The van der Waals surface area contributed by atoms with E-state index in [4.69, 9.17) is 4.74 Å². The van der Waals surface area contributed by atoms with Crippen LogP contribution in [0.4, 0.5) is 8.78 Å². The van der Waals surface area contributed by atoms with Gasteiger partial charge in [0.05, 0.1) is 0 Å². The van der Waals surface area contributed by atoms with Gasteiger partial charge in [0.15, 0.2) is 11.6 Å². The highest BCUT2D eigenvalue weighted by atomic mass is 19.2. The smallest absolute Gasteiger partial charge is 0.219 e.